The van der Waals surface area contributed by atoms with Crippen molar-refractivity contribution in [2.45, 2.75) is 41.5 Å². The predicted octanol–water partition coefficient (Wildman–Crippen LogP) is 11.9. The molecule has 0 aliphatic carbocycles. The Labute approximate surface area is 374 Å². The molecule has 4 aliphatic heterocycles. The van der Waals surface area contributed by atoms with Crippen molar-refractivity contribution >= 4 is 91.5 Å². The molecule has 0 amide bonds. The molecule has 0 bridgehead atoms. The van der Waals surface area contributed by atoms with E-state index in [9.17, 15) is 0 Å². The molecule has 302 valence electrons. The summed E-state index contributed by atoms with van der Waals surface area (Å²) in [7, 11) is 0. The van der Waals surface area contributed by atoms with Gasteiger partial charge < -0.3 is 18.8 Å². The van der Waals surface area contributed by atoms with Gasteiger partial charge in [-0.2, -0.15) is 0 Å². The number of anilines is 6. The van der Waals surface area contributed by atoms with Crippen LogP contribution in [-0.2, 0) is 0 Å². The normalized spacial score (nSPS) is 13.7. The van der Waals surface area contributed by atoms with E-state index in [0.717, 1.165) is 11.4 Å². The first kappa shape index (κ1) is 36.1. The minimum Gasteiger partial charge on any atom is -0.382 e. The van der Waals surface area contributed by atoms with Gasteiger partial charge >= 0.3 is 13.7 Å². The summed E-state index contributed by atoms with van der Waals surface area (Å²) in [6.07, 6.45) is 4.72. The average molecular weight is 819 g/mol. The van der Waals surface area contributed by atoms with Gasteiger partial charge in [-0.05, 0) is 197 Å². The molecule has 0 N–H and O–H groups in total. The number of rotatable bonds is 4. The van der Waals surface area contributed by atoms with E-state index in [0.29, 0.717) is 0 Å². The number of aromatic nitrogens is 2. The van der Waals surface area contributed by atoms with Gasteiger partial charge in [0, 0.05) is 50.7 Å². The molecule has 0 atom stereocenters. The zero-order valence-electron chi connectivity index (χ0n) is 37.0. The maximum atomic E-state index is 2.60. The van der Waals surface area contributed by atoms with Crippen LogP contribution in [0.2, 0.25) is 0 Å². The van der Waals surface area contributed by atoms with Gasteiger partial charge in [-0.15, -0.1) is 0 Å². The topological polar surface area (TPSA) is 16.3 Å². The van der Waals surface area contributed by atoms with Crippen molar-refractivity contribution in [3.05, 3.63) is 191 Å². The minimum atomic E-state index is -0.00873. The van der Waals surface area contributed by atoms with Gasteiger partial charge in [-0.1, -0.05) is 96.1 Å². The highest BCUT2D eigenvalue weighted by Crippen LogP contribution is 2.51. The molecule has 0 fully saturated rings. The summed E-state index contributed by atoms with van der Waals surface area (Å²) in [5, 5.41) is 2.59. The Kier molecular flexibility index (Phi) is 7.11. The maximum Gasteiger partial charge on any atom is 0.332 e. The zero-order chi connectivity index (χ0) is 42.9. The van der Waals surface area contributed by atoms with Crippen molar-refractivity contribution in [1.82, 2.24) is 8.96 Å². The second-order valence-electron chi connectivity index (χ2n) is 18.9. The number of fused-ring (bicyclic) bond motifs is 6. The summed E-state index contributed by atoms with van der Waals surface area (Å²) < 4.78 is 5.21. The fraction of sp³-hybridized carbons (Fsp3) is 0.103. The smallest absolute Gasteiger partial charge is 0.332 e. The average Bonchev–Trinajstić information content (AvgIpc) is 3.92. The van der Waals surface area contributed by atoms with Gasteiger partial charge in [0.1, 0.15) is 0 Å². The van der Waals surface area contributed by atoms with Crippen LogP contribution in [0.1, 0.15) is 33.4 Å². The van der Waals surface area contributed by atoms with Crippen LogP contribution in [0.4, 0.5) is 34.1 Å². The van der Waals surface area contributed by atoms with E-state index in [1.165, 1.54) is 133 Å². The Hall–Kier alpha value is -7.43. The number of hydrogen-bond acceptors (Lipinski definition) is 2. The highest BCUT2D eigenvalue weighted by molar-refractivity contribution is 6.94. The number of nitrogens with zero attached hydrogens (tertiary/aromatic N) is 4. The van der Waals surface area contributed by atoms with Gasteiger partial charge in [-0.25, -0.2) is 0 Å². The van der Waals surface area contributed by atoms with E-state index in [4.69, 9.17) is 0 Å². The monoisotopic (exact) mass is 818 g/mol. The molecule has 6 heterocycles. The first-order valence-electron chi connectivity index (χ1n) is 22.7. The summed E-state index contributed by atoms with van der Waals surface area (Å²) in [5.41, 5.74) is 31.1. The van der Waals surface area contributed by atoms with Crippen molar-refractivity contribution in [2.24, 2.45) is 0 Å². The molecule has 8 aromatic carbocycles. The fourth-order valence-electron chi connectivity index (χ4n) is 12.9. The summed E-state index contributed by atoms with van der Waals surface area (Å²) in [6, 6.07) is 55.8. The molecule has 64 heavy (non-hydrogen) atoms. The fourth-order valence-corrected chi connectivity index (χ4v) is 12.9. The third kappa shape index (κ3) is 4.60. The Morgan fingerprint density at radius 1 is 0.359 bits per heavy atom. The van der Waals surface area contributed by atoms with Crippen molar-refractivity contribution < 1.29 is 0 Å². The number of hydrogen-bond donors (Lipinski definition) is 0. The lowest BCUT2D eigenvalue weighted by Gasteiger charge is -2.47. The van der Waals surface area contributed by atoms with Crippen molar-refractivity contribution in [3.63, 3.8) is 0 Å². The Morgan fingerprint density at radius 3 is 1.20 bits per heavy atom. The van der Waals surface area contributed by atoms with E-state index in [2.05, 4.69) is 218 Å². The highest BCUT2D eigenvalue weighted by Gasteiger charge is 2.50. The molecule has 0 radical (unpaired) electrons. The maximum absolute atomic E-state index is 2.60. The van der Waals surface area contributed by atoms with E-state index < -0.39 is 0 Å². The van der Waals surface area contributed by atoms with E-state index in [1.807, 2.05) is 0 Å². The predicted molar refractivity (Wildman–Crippen MR) is 272 cm³/mol. The molecule has 14 rings (SSSR count). The minimum absolute atomic E-state index is 0.00873. The third-order valence-corrected chi connectivity index (χ3v) is 15.0. The quantitative estimate of drug-likeness (QED) is 0.165. The third-order valence-electron chi connectivity index (χ3n) is 15.0. The molecule has 2 aromatic heterocycles. The van der Waals surface area contributed by atoms with E-state index in [1.54, 1.807) is 0 Å². The number of para-hydroxylation sites is 2. The van der Waals surface area contributed by atoms with E-state index in [-0.39, 0.29) is 13.7 Å². The van der Waals surface area contributed by atoms with Crippen molar-refractivity contribution in [1.29, 1.82) is 0 Å². The first-order valence-corrected chi connectivity index (χ1v) is 22.7. The second kappa shape index (κ2) is 12.6. The van der Waals surface area contributed by atoms with Crippen LogP contribution in [0.25, 0.3) is 55.2 Å². The van der Waals surface area contributed by atoms with Crippen LogP contribution in [0.5, 0.6) is 0 Å². The zero-order valence-corrected chi connectivity index (χ0v) is 37.0. The van der Waals surface area contributed by atoms with Crippen LogP contribution >= 0.6 is 0 Å². The van der Waals surface area contributed by atoms with Gasteiger partial charge in [-0.3, -0.25) is 0 Å². The van der Waals surface area contributed by atoms with Crippen LogP contribution in [0, 0.1) is 41.5 Å². The van der Waals surface area contributed by atoms with Gasteiger partial charge in [0.15, 0.2) is 0 Å². The van der Waals surface area contributed by atoms with Crippen LogP contribution in [0.15, 0.2) is 158 Å². The Balaban J connectivity index is 1.14. The van der Waals surface area contributed by atoms with Gasteiger partial charge in [0.2, 0.25) is 0 Å². The molecule has 0 unspecified atom stereocenters. The molecule has 0 spiro atoms. The standard InChI is InChI=1S/C58H44B2N4/c1-33-25-35(3)51(36(4)26-33)39-17-19-45-47(30-39)63(43-13-9-7-10-14-43)49-32-50-56-53-54-57-41(21-23-61(57)59(45)55(49)53)29-42-22-24-62(58(42)54)60(56)46-20-18-40(52-37(5)27-34(2)28-38(52)6)31-48(46)64(50)44-15-11-8-12-16-44/h7-32H,1-6H3. The molecule has 0 saturated carbocycles. The highest BCUT2D eigenvalue weighted by atomic mass is 15.2. The summed E-state index contributed by atoms with van der Waals surface area (Å²) in [6.45, 7) is 13.4. The summed E-state index contributed by atoms with van der Waals surface area (Å²) >= 11 is 0. The lowest BCUT2D eigenvalue weighted by atomic mass is 9.39. The largest absolute Gasteiger partial charge is 0.382 e. The van der Waals surface area contributed by atoms with Crippen molar-refractivity contribution in [2.75, 3.05) is 9.80 Å². The lowest BCUT2D eigenvalue weighted by molar-refractivity contribution is 1.19. The van der Waals surface area contributed by atoms with Crippen molar-refractivity contribution in [3.8, 4) is 33.4 Å². The molecule has 4 nitrogen and oxygen atoms in total. The molecular formula is C58H44B2N4. The summed E-state index contributed by atoms with van der Waals surface area (Å²) in [4.78, 5) is 5.17. The number of benzene rings is 8. The molecule has 6 heteroatoms. The Bertz CT molecular complexity index is 3430. The van der Waals surface area contributed by atoms with Crippen LogP contribution in [0.3, 0.4) is 0 Å². The molecule has 10 aromatic rings. The molecule has 0 saturated heterocycles. The SMILES string of the molecule is Cc1cc(C)c(-c2ccc3c(c2)N(c2ccccc2)c2cc4c5c6c2B3n2ccc3cc7ccn(c7c-6c32)B5c2ccc(-c3c(C)cc(C)cc3C)cc2N4c2ccccc2)c(C)c1. The van der Waals surface area contributed by atoms with E-state index >= 15 is 0 Å². The first-order chi connectivity index (χ1) is 31.2. The summed E-state index contributed by atoms with van der Waals surface area (Å²) in [5.74, 6) is 0. The molecular weight excluding hydrogens is 774 g/mol. The van der Waals surface area contributed by atoms with Gasteiger partial charge in [0.05, 0.1) is 0 Å². The Morgan fingerprint density at radius 2 is 0.781 bits per heavy atom. The van der Waals surface area contributed by atoms with Crippen LogP contribution < -0.4 is 31.7 Å². The number of aryl methyl sites for hydroxylation is 6. The van der Waals surface area contributed by atoms with Gasteiger partial charge in [0.25, 0.3) is 0 Å². The second-order valence-corrected chi connectivity index (χ2v) is 18.9. The lowest BCUT2D eigenvalue weighted by Crippen LogP contribution is -2.63. The van der Waals surface area contributed by atoms with Crippen LogP contribution in [-0.4, -0.2) is 22.7 Å². The molecule has 4 aliphatic rings.